The smallest absolute Gasteiger partial charge is 0.286 e. The molecule has 2 aromatic carbocycles. The lowest BCUT2D eigenvalue weighted by Gasteiger charge is -2.04. The van der Waals surface area contributed by atoms with Crippen molar-refractivity contribution in [2.24, 2.45) is 0 Å². The van der Waals surface area contributed by atoms with Gasteiger partial charge in [0.2, 0.25) is 0 Å². The maximum Gasteiger partial charge on any atom is 0.286 e. The molecule has 1 aromatic heterocycles. The van der Waals surface area contributed by atoms with Gasteiger partial charge in [-0.1, -0.05) is 30.3 Å². The lowest BCUT2D eigenvalue weighted by atomic mass is 10.1. The zero-order valence-electron chi connectivity index (χ0n) is 15.7. The minimum atomic E-state index is -1.25. The minimum absolute atomic E-state index is 0.216. The van der Waals surface area contributed by atoms with Crippen molar-refractivity contribution in [1.29, 1.82) is 0 Å². The first-order valence-electron chi connectivity index (χ1n) is 9.09. The molecule has 3 aromatic rings. The Bertz CT molecular complexity index is 919. The van der Waals surface area contributed by atoms with E-state index in [9.17, 15) is 9.00 Å². The van der Waals surface area contributed by atoms with E-state index in [0.29, 0.717) is 22.9 Å². The van der Waals surface area contributed by atoms with Crippen molar-refractivity contribution < 1.29 is 18.2 Å². The molecule has 0 unspecified atom stereocenters. The van der Waals surface area contributed by atoms with Gasteiger partial charge in [-0.2, -0.15) is 0 Å². The molecule has 0 radical (unpaired) electrons. The molecule has 5 nitrogen and oxygen atoms in total. The fraction of sp³-hybridized carbons (Fsp3) is 0.227. The number of methoxy groups -OCH3 is 1. The Morgan fingerprint density at radius 2 is 1.79 bits per heavy atom. The molecule has 0 bridgehead atoms. The van der Waals surface area contributed by atoms with Crippen molar-refractivity contribution in [1.82, 2.24) is 5.32 Å². The molecule has 1 heterocycles. The van der Waals surface area contributed by atoms with E-state index >= 15 is 0 Å². The molecule has 1 N–H and O–H groups in total. The van der Waals surface area contributed by atoms with E-state index < -0.39 is 10.8 Å². The molecule has 1 amide bonds. The van der Waals surface area contributed by atoms with Crippen LogP contribution >= 0.6 is 0 Å². The summed E-state index contributed by atoms with van der Waals surface area (Å²) in [6.45, 7) is 0.571. The molecule has 0 spiro atoms. The molecule has 0 aliphatic rings. The van der Waals surface area contributed by atoms with Gasteiger partial charge in [-0.15, -0.1) is 0 Å². The normalized spacial score (nSPS) is 11.8. The number of benzene rings is 2. The second kappa shape index (κ2) is 9.90. The summed E-state index contributed by atoms with van der Waals surface area (Å²) < 4.78 is 23.1. The first kappa shape index (κ1) is 19.9. The number of hydrogen-bond acceptors (Lipinski definition) is 4. The van der Waals surface area contributed by atoms with Crippen LogP contribution in [0.1, 0.15) is 28.3 Å². The van der Waals surface area contributed by atoms with Crippen LogP contribution < -0.4 is 10.1 Å². The predicted molar refractivity (Wildman–Crippen MR) is 109 cm³/mol. The zero-order chi connectivity index (χ0) is 19.8. The van der Waals surface area contributed by atoms with Crippen molar-refractivity contribution in [2.45, 2.75) is 23.5 Å². The maximum absolute atomic E-state index is 12.4. The summed E-state index contributed by atoms with van der Waals surface area (Å²) in [4.78, 5) is 12.9. The summed E-state index contributed by atoms with van der Waals surface area (Å²) in [7, 11) is 0.333. The van der Waals surface area contributed by atoms with Gasteiger partial charge in [0.1, 0.15) is 11.5 Å². The van der Waals surface area contributed by atoms with E-state index in [1.54, 1.807) is 43.5 Å². The van der Waals surface area contributed by atoms with E-state index in [2.05, 4.69) is 17.4 Å². The molecule has 0 fully saturated rings. The minimum Gasteiger partial charge on any atom is -0.497 e. The fourth-order valence-corrected chi connectivity index (χ4v) is 3.76. The Hall–Kier alpha value is -2.86. The molecule has 0 aliphatic heterocycles. The first-order valence-corrected chi connectivity index (χ1v) is 10.4. The summed E-state index contributed by atoms with van der Waals surface area (Å²) >= 11 is 0. The summed E-state index contributed by atoms with van der Waals surface area (Å²) in [5, 5.41) is 2.86. The lowest BCUT2D eigenvalue weighted by molar-refractivity contribution is 0.0924. The molecule has 6 heteroatoms. The Morgan fingerprint density at radius 3 is 2.50 bits per heavy atom. The summed E-state index contributed by atoms with van der Waals surface area (Å²) in [5.41, 5.74) is 1.25. The monoisotopic (exact) mass is 397 g/mol. The molecular weight excluding hydrogens is 374 g/mol. The van der Waals surface area contributed by atoms with Gasteiger partial charge in [0.05, 0.1) is 23.7 Å². The Labute approximate surface area is 167 Å². The second-order valence-corrected chi connectivity index (χ2v) is 7.73. The maximum atomic E-state index is 12.4. The highest BCUT2D eigenvalue weighted by Gasteiger charge is 2.13. The third kappa shape index (κ3) is 5.57. The van der Waals surface area contributed by atoms with Crippen LogP contribution in [-0.2, 0) is 23.0 Å². The van der Waals surface area contributed by atoms with Gasteiger partial charge in [-0.3, -0.25) is 9.00 Å². The highest BCUT2D eigenvalue weighted by Crippen LogP contribution is 2.18. The fourth-order valence-electron chi connectivity index (χ4n) is 2.74. The van der Waals surface area contributed by atoms with Crippen molar-refractivity contribution in [2.75, 3.05) is 13.7 Å². The van der Waals surface area contributed by atoms with E-state index in [0.717, 1.165) is 12.8 Å². The number of aryl methyl sites for hydroxylation is 1. The highest BCUT2D eigenvalue weighted by molar-refractivity contribution is 7.84. The largest absolute Gasteiger partial charge is 0.497 e. The van der Waals surface area contributed by atoms with Crippen molar-refractivity contribution in [3.8, 4) is 5.75 Å². The van der Waals surface area contributed by atoms with Gasteiger partial charge in [0.25, 0.3) is 5.91 Å². The number of furan rings is 1. The standard InChI is InChI=1S/C22H23NO4S/c1-26-18-9-12-20(13-10-18)28(25)16-19-11-14-21(27-19)22(24)23-15-5-8-17-6-3-2-4-7-17/h2-4,6-7,9-14H,5,8,15-16H2,1H3,(H,23,24)/t28-/m0/s1. The Kier molecular flexibility index (Phi) is 7.03. The molecular formula is C22H23NO4S. The number of nitrogens with one attached hydrogen (secondary N) is 1. The zero-order valence-corrected chi connectivity index (χ0v) is 16.5. The van der Waals surface area contributed by atoms with Crippen molar-refractivity contribution in [3.05, 3.63) is 83.8 Å². The SMILES string of the molecule is COc1ccc([S@@](=O)Cc2ccc(C(=O)NCCCc3ccccc3)o2)cc1. The molecule has 146 valence electrons. The quantitative estimate of drug-likeness (QED) is 0.555. The summed E-state index contributed by atoms with van der Waals surface area (Å²) in [6, 6.07) is 20.5. The second-order valence-electron chi connectivity index (χ2n) is 6.28. The molecule has 3 rings (SSSR count). The Balaban J connectivity index is 1.47. The van der Waals surface area contributed by atoms with E-state index in [1.165, 1.54) is 5.56 Å². The van der Waals surface area contributed by atoms with E-state index in [4.69, 9.17) is 9.15 Å². The van der Waals surface area contributed by atoms with Crippen LogP contribution in [-0.4, -0.2) is 23.8 Å². The third-order valence-electron chi connectivity index (χ3n) is 4.25. The number of rotatable bonds is 9. The lowest BCUT2D eigenvalue weighted by Crippen LogP contribution is -2.24. The molecule has 1 atom stereocenters. The molecule has 0 saturated carbocycles. The van der Waals surface area contributed by atoms with Crippen molar-refractivity contribution in [3.63, 3.8) is 0 Å². The van der Waals surface area contributed by atoms with Gasteiger partial charge in [0.15, 0.2) is 5.76 Å². The van der Waals surface area contributed by atoms with E-state index in [1.807, 2.05) is 18.2 Å². The Morgan fingerprint density at radius 1 is 1.04 bits per heavy atom. The summed E-state index contributed by atoms with van der Waals surface area (Å²) in [6.07, 6.45) is 1.76. The van der Waals surface area contributed by atoms with Crippen LogP contribution in [0.25, 0.3) is 0 Å². The number of carbonyl (C=O) groups is 1. The van der Waals surface area contributed by atoms with Crippen LogP contribution in [0.15, 0.2) is 76.0 Å². The number of amides is 1. The van der Waals surface area contributed by atoms with Crippen LogP contribution in [0.3, 0.4) is 0 Å². The van der Waals surface area contributed by atoms with Gasteiger partial charge < -0.3 is 14.5 Å². The summed E-state index contributed by atoms with van der Waals surface area (Å²) in [5.74, 6) is 1.43. The number of hydrogen-bond donors (Lipinski definition) is 1. The molecule has 28 heavy (non-hydrogen) atoms. The van der Waals surface area contributed by atoms with Gasteiger partial charge in [0, 0.05) is 11.4 Å². The van der Waals surface area contributed by atoms with Gasteiger partial charge in [-0.25, -0.2) is 0 Å². The number of carbonyl (C=O) groups excluding carboxylic acids is 1. The first-order chi connectivity index (χ1) is 13.7. The van der Waals surface area contributed by atoms with Gasteiger partial charge >= 0.3 is 0 Å². The van der Waals surface area contributed by atoms with Gasteiger partial charge in [-0.05, 0) is 54.8 Å². The predicted octanol–water partition coefficient (Wildman–Crippen LogP) is 3.96. The highest BCUT2D eigenvalue weighted by atomic mass is 32.2. The van der Waals surface area contributed by atoms with Crippen LogP contribution in [0.2, 0.25) is 0 Å². The molecule has 0 aliphatic carbocycles. The average molecular weight is 397 g/mol. The number of ether oxygens (including phenoxy) is 1. The van der Waals surface area contributed by atoms with Crippen LogP contribution in [0.5, 0.6) is 5.75 Å². The third-order valence-corrected chi connectivity index (χ3v) is 5.60. The average Bonchev–Trinajstić information content (AvgIpc) is 3.20. The van der Waals surface area contributed by atoms with Crippen LogP contribution in [0.4, 0.5) is 0 Å². The topological polar surface area (TPSA) is 68.5 Å². The van der Waals surface area contributed by atoms with Crippen LogP contribution in [0, 0.1) is 0 Å². The molecule has 0 saturated heterocycles. The van der Waals surface area contributed by atoms with Crippen molar-refractivity contribution >= 4 is 16.7 Å². The van der Waals surface area contributed by atoms with E-state index in [-0.39, 0.29) is 17.4 Å².